The molecule has 0 fully saturated rings. The molecule has 0 aliphatic rings. The lowest BCUT2D eigenvalue weighted by molar-refractivity contribution is 0.484. The molecule has 1 unspecified atom stereocenters. The van der Waals surface area contributed by atoms with Gasteiger partial charge in [0.25, 0.3) is 0 Å². The van der Waals surface area contributed by atoms with Crippen molar-refractivity contribution < 1.29 is 4.42 Å². The highest BCUT2D eigenvalue weighted by atomic mass is 16.3. The van der Waals surface area contributed by atoms with E-state index in [4.69, 9.17) is 4.42 Å². The van der Waals surface area contributed by atoms with Gasteiger partial charge in [0.1, 0.15) is 12.0 Å². The first-order chi connectivity index (χ1) is 9.31. The van der Waals surface area contributed by atoms with E-state index in [0.29, 0.717) is 0 Å². The fraction of sp³-hybridized carbons (Fsp3) is 0.353. The Morgan fingerprint density at radius 1 is 1.26 bits per heavy atom. The van der Waals surface area contributed by atoms with Gasteiger partial charge >= 0.3 is 0 Å². The molecule has 0 saturated carbocycles. The van der Waals surface area contributed by atoms with E-state index in [2.05, 4.69) is 31.0 Å². The summed E-state index contributed by atoms with van der Waals surface area (Å²) in [6.45, 7) is 4.32. The van der Waals surface area contributed by atoms with Crippen LogP contribution in [0.1, 0.15) is 44.9 Å². The van der Waals surface area contributed by atoms with Gasteiger partial charge in [-0.3, -0.25) is 0 Å². The molecule has 0 amide bonds. The lowest BCUT2D eigenvalue weighted by Gasteiger charge is -1.99. The number of hydrogen-bond donors (Lipinski definition) is 0. The maximum Gasteiger partial charge on any atom is 0.201 e. The van der Waals surface area contributed by atoms with Crippen molar-refractivity contribution in [2.45, 2.75) is 39.0 Å². The molecule has 2 aromatic rings. The zero-order valence-electron chi connectivity index (χ0n) is 11.7. The molecule has 0 N–H and O–H groups in total. The Hall–Kier alpha value is -1.83. The van der Waals surface area contributed by atoms with Gasteiger partial charge in [-0.1, -0.05) is 69.2 Å². The quantitative estimate of drug-likeness (QED) is 0.524. The third kappa shape index (κ3) is 3.82. The zero-order chi connectivity index (χ0) is 13.5. The van der Waals surface area contributed by atoms with Crippen molar-refractivity contribution in [2.24, 2.45) is 0 Å². The lowest BCUT2D eigenvalue weighted by atomic mass is 10.1. The van der Waals surface area contributed by atoms with Crippen LogP contribution in [0.3, 0.4) is 0 Å². The van der Waals surface area contributed by atoms with Gasteiger partial charge in [0.2, 0.25) is 5.89 Å². The summed E-state index contributed by atoms with van der Waals surface area (Å²) in [5, 5.41) is 0. The molecule has 1 aromatic carbocycles. The fourth-order valence-corrected chi connectivity index (χ4v) is 1.94. The van der Waals surface area contributed by atoms with E-state index in [-0.39, 0.29) is 5.92 Å². The van der Waals surface area contributed by atoms with Gasteiger partial charge in [0.15, 0.2) is 0 Å². The molecule has 2 rings (SSSR count). The van der Waals surface area contributed by atoms with Crippen molar-refractivity contribution in [3.05, 3.63) is 54.6 Å². The largest absolute Gasteiger partial charge is 0.448 e. The summed E-state index contributed by atoms with van der Waals surface area (Å²) >= 11 is 0. The lowest BCUT2D eigenvalue weighted by Crippen LogP contribution is -1.89. The highest BCUT2D eigenvalue weighted by molar-refractivity contribution is 5.57. The first-order valence-corrected chi connectivity index (χ1v) is 6.98. The molecule has 1 heterocycles. The molecule has 0 saturated heterocycles. The summed E-state index contributed by atoms with van der Waals surface area (Å²) in [6.07, 6.45) is 9.74. The average molecular weight is 255 g/mol. The molecule has 0 aliphatic carbocycles. The van der Waals surface area contributed by atoms with E-state index in [1.165, 1.54) is 12.8 Å². The topological polar surface area (TPSA) is 26.0 Å². The van der Waals surface area contributed by atoms with E-state index in [1.54, 1.807) is 6.26 Å². The highest BCUT2D eigenvalue weighted by Crippen LogP contribution is 2.22. The first-order valence-electron chi connectivity index (χ1n) is 6.98. The van der Waals surface area contributed by atoms with Crippen LogP contribution in [0.5, 0.6) is 0 Å². The molecule has 0 bridgehead atoms. The second-order valence-corrected chi connectivity index (χ2v) is 4.80. The molecule has 0 aliphatic heterocycles. The number of benzene rings is 1. The average Bonchev–Trinajstić information content (AvgIpc) is 2.94. The van der Waals surface area contributed by atoms with Crippen LogP contribution >= 0.6 is 0 Å². The molecule has 2 nitrogen and oxygen atoms in total. The van der Waals surface area contributed by atoms with Crippen LogP contribution in [-0.4, -0.2) is 4.98 Å². The first kappa shape index (κ1) is 13.6. The van der Waals surface area contributed by atoms with Gasteiger partial charge < -0.3 is 4.42 Å². The molecule has 0 spiro atoms. The second-order valence-electron chi connectivity index (χ2n) is 4.80. The summed E-state index contributed by atoms with van der Waals surface area (Å²) in [5.74, 6) is 1.01. The number of hydrogen-bond acceptors (Lipinski definition) is 2. The number of aromatic nitrogens is 1. The van der Waals surface area contributed by atoms with Crippen LogP contribution in [0.4, 0.5) is 0 Å². The summed E-state index contributed by atoms with van der Waals surface area (Å²) in [4.78, 5) is 4.56. The van der Waals surface area contributed by atoms with E-state index in [1.807, 2.05) is 30.3 Å². The Morgan fingerprint density at radius 2 is 2.05 bits per heavy atom. The van der Waals surface area contributed by atoms with Crippen molar-refractivity contribution in [1.29, 1.82) is 0 Å². The molecule has 0 radical (unpaired) electrons. The van der Waals surface area contributed by atoms with Crippen LogP contribution in [-0.2, 0) is 0 Å². The van der Waals surface area contributed by atoms with Gasteiger partial charge in [0.05, 0.1) is 5.92 Å². The standard InChI is InChI=1S/C17H21NO/c1-3-4-5-7-10-14(2)17-18-16(13-19-17)15-11-8-6-9-12-15/h6-14H,3-5H2,1-2H3/b10-7+. The van der Waals surface area contributed by atoms with E-state index in [9.17, 15) is 0 Å². The van der Waals surface area contributed by atoms with Crippen LogP contribution in [0, 0.1) is 0 Å². The van der Waals surface area contributed by atoms with Crippen LogP contribution in [0.2, 0.25) is 0 Å². The summed E-state index contributed by atoms with van der Waals surface area (Å²) in [7, 11) is 0. The monoisotopic (exact) mass is 255 g/mol. The number of oxazole rings is 1. The number of allylic oxidation sites excluding steroid dienone is 2. The van der Waals surface area contributed by atoms with Crippen molar-refractivity contribution >= 4 is 0 Å². The Balaban J connectivity index is 2.02. The zero-order valence-corrected chi connectivity index (χ0v) is 11.7. The minimum atomic E-state index is 0.231. The second kappa shape index (κ2) is 6.93. The van der Waals surface area contributed by atoms with Crippen molar-refractivity contribution in [3.8, 4) is 11.3 Å². The van der Waals surface area contributed by atoms with Gasteiger partial charge in [-0.2, -0.15) is 0 Å². The Bertz CT molecular complexity index is 513. The minimum Gasteiger partial charge on any atom is -0.448 e. The van der Waals surface area contributed by atoms with Crippen molar-refractivity contribution in [3.63, 3.8) is 0 Å². The van der Waals surface area contributed by atoms with Crippen LogP contribution < -0.4 is 0 Å². The summed E-state index contributed by atoms with van der Waals surface area (Å²) < 4.78 is 5.58. The predicted octanol–water partition coefficient (Wildman–Crippen LogP) is 5.19. The SMILES string of the molecule is CCCC/C=C/C(C)c1nc(-c2ccccc2)co1. The molecule has 1 atom stereocenters. The molecule has 100 valence electrons. The fourth-order valence-electron chi connectivity index (χ4n) is 1.94. The Labute approximate surface area is 115 Å². The smallest absolute Gasteiger partial charge is 0.201 e. The van der Waals surface area contributed by atoms with E-state index >= 15 is 0 Å². The Kier molecular flexibility index (Phi) is 4.96. The van der Waals surface area contributed by atoms with Gasteiger partial charge in [-0.05, 0) is 6.42 Å². The third-order valence-electron chi connectivity index (χ3n) is 3.13. The van der Waals surface area contributed by atoms with Gasteiger partial charge in [-0.15, -0.1) is 0 Å². The molecule has 1 aromatic heterocycles. The maximum absolute atomic E-state index is 5.58. The van der Waals surface area contributed by atoms with Crippen LogP contribution in [0.25, 0.3) is 11.3 Å². The number of rotatable bonds is 6. The summed E-state index contributed by atoms with van der Waals surface area (Å²) in [5.41, 5.74) is 2.00. The summed E-state index contributed by atoms with van der Waals surface area (Å²) in [6, 6.07) is 10.1. The Morgan fingerprint density at radius 3 is 2.79 bits per heavy atom. The molecule has 2 heteroatoms. The van der Waals surface area contributed by atoms with E-state index in [0.717, 1.165) is 23.6 Å². The van der Waals surface area contributed by atoms with Crippen molar-refractivity contribution in [2.75, 3.05) is 0 Å². The van der Waals surface area contributed by atoms with Gasteiger partial charge in [-0.25, -0.2) is 4.98 Å². The minimum absolute atomic E-state index is 0.231. The number of nitrogens with zero attached hydrogens (tertiary/aromatic N) is 1. The predicted molar refractivity (Wildman–Crippen MR) is 79.0 cm³/mol. The van der Waals surface area contributed by atoms with Gasteiger partial charge in [0, 0.05) is 5.56 Å². The normalized spacial score (nSPS) is 12.9. The van der Waals surface area contributed by atoms with E-state index < -0.39 is 0 Å². The molecule has 19 heavy (non-hydrogen) atoms. The third-order valence-corrected chi connectivity index (χ3v) is 3.13. The maximum atomic E-state index is 5.58. The number of unbranched alkanes of at least 4 members (excludes halogenated alkanes) is 2. The van der Waals surface area contributed by atoms with Crippen LogP contribution in [0.15, 0.2) is 53.2 Å². The molecular formula is C17H21NO. The van der Waals surface area contributed by atoms with Crippen molar-refractivity contribution in [1.82, 2.24) is 4.98 Å². The molecular weight excluding hydrogens is 234 g/mol. The highest BCUT2D eigenvalue weighted by Gasteiger charge is 2.10.